The van der Waals surface area contributed by atoms with Crippen LogP contribution in [-0.4, -0.2) is 66.5 Å². The van der Waals surface area contributed by atoms with Crippen LogP contribution in [0.1, 0.15) is 226 Å². The molecule has 2 N–H and O–H groups in total. The van der Waals surface area contributed by atoms with Crippen LogP contribution in [0, 0.1) is 0 Å². The molecule has 12 heteroatoms. The molecule has 0 aliphatic rings. The van der Waals surface area contributed by atoms with Crippen LogP contribution < -0.4 is 0 Å². The Morgan fingerprint density at radius 2 is 0.667 bits per heavy atom. The van der Waals surface area contributed by atoms with Crippen LogP contribution in [0.25, 0.3) is 0 Å². The van der Waals surface area contributed by atoms with E-state index in [1.807, 2.05) is 0 Å². The number of phosphoric acid groups is 1. The number of ether oxygens (including phenoxy) is 3. The average Bonchev–Trinajstić information content (AvgIpc) is 3.43. The maximum absolute atomic E-state index is 12.9. The highest BCUT2D eigenvalue weighted by Crippen LogP contribution is 2.43. The Morgan fingerprint density at radius 3 is 1.04 bits per heavy atom. The summed E-state index contributed by atoms with van der Waals surface area (Å²) < 4.78 is 39.5. The lowest BCUT2D eigenvalue weighted by atomic mass is 10.1. The molecule has 0 amide bonds. The molecule has 78 heavy (non-hydrogen) atoms. The van der Waals surface area contributed by atoms with E-state index in [0.717, 1.165) is 141 Å². The number of allylic oxidation sites excluding steroid dienone is 22. The number of esters is 3. The van der Waals surface area contributed by atoms with Gasteiger partial charge in [-0.2, -0.15) is 0 Å². The van der Waals surface area contributed by atoms with Crippen LogP contribution in [0.3, 0.4) is 0 Å². The molecule has 0 heterocycles. The van der Waals surface area contributed by atoms with Gasteiger partial charge in [0.05, 0.1) is 19.8 Å². The van der Waals surface area contributed by atoms with Gasteiger partial charge >= 0.3 is 25.7 Å². The van der Waals surface area contributed by atoms with Crippen LogP contribution in [0.5, 0.6) is 0 Å². The summed E-state index contributed by atoms with van der Waals surface area (Å²) in [5, 5.41) is 9.82. The molecule has 0 saturated heterocycles. The summed E-state index contributed by atoms with van der Waals surface area (Å²) in [5.41, 5.74) is 0. The van der Waals surface area contributed by atoms with Gasteiger partial charge in [-0.25, -0.2) is 4.57 Å². The molecule has 0 bridgehead atoms. The second-order valence-corrected chi connectivity index (χ2v) is 20.8. The fourth-order valence-electron chi connectivity index (χ4n) is 7.52. The summed E-state index contributed by atoms with van der Waals surface area (Å²) >= 11 is 0. The average molecular weight is 1110 g/mol. The van der Waals surface area contributed by atoms with Crippen LogP contribution >= 0.6 is 7.82 Å². The van der Waals surface area contributed by atoms with E-state index in [-0.39, 0.29) is 25.9 Å². The zero-order valence-corrected chi connectivity index (χ0v) is 49.7. The Bertz CT molecular complexity index is 1820. The Balaban J connectivity index is 4.85. The number of carbonyl (C=O) groups excluding carboxylic acids is 3. The maximum Gasteiger partial charge on any atom is 0.472 e. The SMILES string of the molecule is CC/C=C\C/C=C\C/C=C\C/C=C\C/C=C\CCCCCC(=O)OCC(COP(=O)(O)OCC(CO)OC(=O)CCCCC/C=C\C/C=C\C/C=C\CC)OC(=O)CCCCCCCC/C=C\C/C=C\C/C=C\CCCCC. The van der Waals surface area contributed by atoms with Crippen molar-refractivity contribution in [1.82, 2.24) is 0 Å². The largest absolute Gasteiger partial charge is 0.472 e. The van der Waals surface area contributed by atoms with Gasteiger partial charge in [-0.3, -0.25) is 23.4 Å². The van der Waals surface area contributed by atoms with Crippen molar-refractivity contribution in [1.29, 1.82) is 0 Å². The molecule has 0 aliphatic heterocycles. The molecule has 442 valence electrons. The predicted octanol–water partition coefficient (Wildman–Crippen LogP) is 18.1. The highest BCUT2D eigenvalue weighted by molar-refractivity contribution is 7.47. The van der Waals surface area contributed by atoms with E-state index < -0.39 is 57.8 Å². The molecule has 0 aromatic heterocycles. The molecule has 0 rings (SSSR count). The number of rotatable bonds is 54. The molecular formula is C66H107O11P. The summed E-state index contributed by atoms with van der Waals surface area (Å²) in [6.07, 6.45) is 74.1. The molecule has 3 unspecified atom stereocenters. The second kappa shape index (κ2) is 58.8. The molecule has 11 nitrogen and oxygen atoms in total. The van der Waals surface area contributed by atoms with Crippen LogP contribution in [0.2, 0.25) is 0 Å². The van der Waals surface area contributed by atoms with Crippen molar-refractivity contribution >= 4 is 25.7 Å². The predicted molar refractivity (Wildman–Crippen MR) is 325 cm³/mol. The summed E-state index contributed by atoms with van der Waals surface area (Å²) in [5.74, 6) is -1.56. The highest BCUT2D eigenvalue weighted by atomic mass is 31.2. The minimum Gasteiger partial charge on any atom is -0.462 e. The van der Waals surface area contributed by atoms with Gasteiger partial charge in [0.2, 0.25) is 0 Å². The van der Waals surface area contributed by atoms with Crippen LogP contribution in [-0.2, 0) is 42.2 Å². The first-order chi connectivity index (χ1) is 38.2. The van der Waals surface area contributed by atoms with Crippen molar-refractivity contribution < 1.29 is 52.2 Å². The molecule has 0 fully saturated rings. The monoisotopic (exact) mass is 1110 g/mol. The molecule has 0 aromatic rings. The van der Waals surface area contributed by atoms with E-state index in [2.05, 4.69) is 154 Å². The molecule has 0 aliphatic carbocycles. The van der Waals surface area contributed by atoms with Gasteiger partial charge in [-0.05, 0) is 135 Å². The fraction of sp³-hybridized carbons (Fsp3) is 0.621. The minimum atomic E-state index is -4.78. The molecule has 0 spiro atoms. The lowest BCUT2D eigenvalue weighted by molar-refractivity contribution is -0.161. The van der Waals surface area contributed by atoms with E-state index in [0.29, 0.717) is 19.3 Å². The zero-order valence-electron chi connectivity index (χ0n) is 48.8. The van der Waals surface area contributed by atoms with Gasteiger partial charge in [-0.15, -0.1) is 0 Å². The third kappa shape index (κ3) is 56.3. The van der Waals surface area contributed by atoms with Crippen LogP contribution in [0.4, 0.5) is 0 Å². The van der Waals surface area contributed by atoms with Crippen molar-refractivity contribution in [2.24, 2.45) is 0 Å². The van der Waals surface area contributed by atoms with Gasteiger partial charge < -0.3 is 24.2 Å². The standard InChI is InChI=1S/C66H107O11P/c1-4-7-10-13-16-19-22-25-27-29-31-33-35-38-40-43-46-49-52-55-64(68)73-59-63(77-66(70)57-54-51-48-45-42-39-36-34-32-30-28-26-23-20-17-14-11-8-5-2)61-75-78(71,72)74-60-62(58-67)76-65(69)56-53-50-47-44-41-37-24-21-18-15-12-9-6-3/h7,9-10,12,16-21,25-28,31-34,37-38,40-41,62-63,67H,4-6,8,11,13-15,22-24,29-30,35-36,39,42-61H2,1-3H3,(H,71,72)/b10-7-,12-9-,19-16-,20-17-,21-18-,27-25-,28-26-,33-31-,34-32-,40-38-,41-37-. The first-order valence-electron chi connectivity index (χ1n) is 30.1. The second-order valence-electron chi connectivity index (χ2n) is 19.4. The van der Waals surface area contributed by atoms with Crippen molar-refractivity contribution in [3.63, 3.8) is 0 Å². The van der Waals surface area contributed by atoms with Gasteiger partial charge in [0.1, 0.15) is 12.7 Å². The number of carbonyl (C=O) groups is 3. The number of unbranched alkanes of at least 4 members (excludes halogenated alkanes) is 15. The summed E-state index contributed by atoms with van der Waals surface area (Å²) in [4.78, 5) is 48.6. The number of hydrogen-bond donors (Lipinski definition) is 2. The molecular weight excluding hydrogens is 1000 g/mol. The first-order valence-corrected chi connectivity index (χ1v) is 31.6. The number of aliphatic hydroxyl groups excluding tert-OH is 1. The van der Waals surface area contributed by atoms with Crippen molar-refractivity contribution in [2.45, 2.75) is 238 Å². The van der Waals surface area contributed by atoms with Gasteiger partial charge in [0.25, 0.3) is 0 Å². The Hall–Kier alpha value is -4.38. The van der Waals surface area contributed by atoms with E-state index in [4.69, 9.17) is 23.3 Å². The normalized spacial score (nSPS) is 14.3. The third-order valence-corrected chi connectivity index (χ3v) is 13.0. The quantitative estimate of drug-likeness (QED) is 0.0197. The Kier molecular flexibility index (Phi) is 55.5. The number of hydrogen-bond acceptors (Lipinski definition) is 10. The smallest absolute Gasteiger partial charge is 0.462 e. The van der Waals surface area contributed by atoms with Crippen molar-refractivity contribution in [3.8, 4) is 0 Å². The van der Waals surface area contributed by atoms with Gasteiger partial charge in [-0.1, -0.05) is 206 Å². The van der Waals surface area contributed by atoms with Crippen molar-refractivity contribution in [2.75, 3.05) is 26.4 Å². The Morgan fingerprint density at radius 1 is 0.372 bits per heavy atom. The van der Waals surface area contributed by atoms with E-state index in [9.17, 15) is 28.9 Å². The van der Waals surface area contributed by atoms with Gasteiger partial charge in [0, 0.05) is 19.3 Å². The summed E-state index contributed by atoms with van der Waals surface area (Å²) in [6.45, 7) is 4.29. The van der Waals surface area contributed by atoms with E-state index in [1.165, 1.54) is 25.7 Å². The number of phosphoric ester groups is 1. The number of aliphatic hydroxyl groups is 1. The van der Waals surface area contributed by atoms with Gasteiger partial charge in [0.15, 0.2) is 6.10 Å². The first kappa shape index (κ1) is 73.6. The fourth-order valence-corrected chi connectivity index (χ4v) is 8.30. The topological polar surface area (TPSA) is 155 Å². The maximum atomic E-state index is 12.9. The van der Waals surface area contributed by atoms with Crippen LogP contribution in [0.15, 0.2) is 134 Å². The lowest BCUT2D eigenvalue weighted by Gasteiger charge is -2.21. The minimum absolute atomic E-state index is 0.132. The third-order valence-electron chi connectivity index (χ3n) is 12.0. The zero-order chi connectivity index (χ0) is 56.9. The van der Waals surface area contributed by atoms with Crippen molar-refractivity contribution in [3.05, 3.63) is 134 Å². The molecule has 0 radical (unpaired) electrons. The highest BCUT2D eigenvalue weighted by Gasteiger charge is 2.28. The van der Waals surface area contributed by atoms with E-state index >= 15 is 0 Å². The Labute approximate surface area is 474 Å². The lowest BCUT2D eigenvalue weighted by Crippen LogP contribution is -2.30. The van der Waals surface area contributed by atoms with E-state index in [1.54, 1.807) is 0 Å². The summed E-state index contributed by atoms with van der Waals surface area (Å²) in [7, 11) is -4.78. The molecule has 0 aromatic carbocycles. The summed E-state index contributed by atoms with van der Waals surface area (Å²) in [6, 6.07) is 0. The molecule has 3 atom stereocenters. The molecule has 0 saturated carbocycles.